The predicted octanol–water partition coefficient (Wildman–Crippen LogP) is 1.36. The van der Waals surface area contributed by atoms with Crippen LogP contribution in [0.2, 0.25) is 0 Å². The van der Waals surface area contributed by atoms with Gasteiger partial charge in [0.1, 0.15) is 5.72 Å². The Balaban J connectivity index is 0. The topological polar surface area (TPSA) is 69.6 Å². The van der Waals surface area contributed by atoms with Crippen molar-refractivity contribution in [3.05, 3.63) is 12.2 Å². The van der Waals surface area contributed by atoms with Gasteiger partial charge in [-0.3, -0.25) is 5.32 Å². The van der Waals surface area contributed by atoms with Gasteiger partial charge in [0, 0.05) is 5.57 Å². The molecule has 4 nitrogen and oxygen atoms in total. The van der Waals surface area contributed by atoms with E-state index in [2.05, 4.69) is 11.9 Å². The van der Waals surface area contributed by atoms with E-state index in [9.17, 15) is 9.90 Å². The number of nitrogens with one attached hydrogen (secondary N) is 1. The third-order valence-electron chi connectivity index (χ3n) is 1.61. The van der Waals surface area contributed by atoms with Crippen molar-refractivity contribution in [1.82, 2.24) is 5.32 Å². The van der Waals surface area contributed by atoms with Crippen molar-refractivity contribution in [2.45, 2.75) is 39.8 Å². The lowest BCUT2D eigenvalue weighted by Gasteiger charge is -2.21. The van der Waals surface area contributed by atoms with E-state index < -0.39 is 11.7 Å². The maximum absolute atomic E-state index is 9.60. The fourth-order valence-electron chi connectivity index (χ4n) is 0.506. The lowest BCUT2D eigenvalue weighted by molar-refractivity contribution is -0.132. The number of aliphatic carboxylic acids is 1. The Kier molecular flexibility index (Phi) is 8.38. The average Bonchev–Trinajstić information content (AvgIpc) is 2.05. The van der Waals surface area contributed by atoms with Crippen LogP contribution in [-0.4, -0.2) is 28.5 Å². The zero-order valence-electron chi connectivity index (χ0n) is 9.42. The Morgan fingerprint density at radius 3 is 1.93 bits per heavy atom. The Morgan fingerprint density at radius 1 is 1.50 bits per heavy atom. The van der Waals surface area contributed by atoms with Crippen LogP contribution >= 0.6 is 0 Å². The summed E-state index contributed by atoms with van der Waals surface area (Å²) < 4.78 is 0. The van der Waals surface area contributed by atoms with E-state index in [1.165, 1.54) is 6.92 Å². The monoisotopic (exact) mass is 203 g/mol. The van der Waals surface area contributed by atoms with Gasteiger partial charge in [-0.05, 0) is 26.8 Å². The van der Waals surface area contributed by atoms with Gasteiger partial charge in [-0.2, -0.15) is 0 Å². The van der Waals surface area contributed by atoms with Gasteiger partial charge >= 0.3 is 5.97 Å². The summed E-state index contributed by atoms with van der Waals surface area (Å²) in [4.78, 5) is 9.60. The number of aliphatic hydroxyl groups is 1. The highest BCUT2D eigenvalue weighted by Gasteiger charge is 2.13. The highest BCUT2D eigenvalue weighted by molar-refractivity contribution is 5.84. The lowest BCUT2D eigenvalue weighted by Crippen LogP contribution is -2.41. The van der Waals surface area contributed by atoms with Gasteiger partial charge in [-0.25, -0.2) is 4.79 Å². The molecule has 0 heterocycles. The molecule has 84 valence electrons. The first-order valence-electron chi connectivity index (χ1n) is 4.63. The van der Waals surface area contributed by atoms with Crippen LogP contribution in [-0.2, 0) is 4.79 Å². The minimum atomic E-state index is -0.935. The molecule has 0 saturated carbocycles. The van der Waals surface area contributed by atoms with E-state index in [1.54, 1.807) is 6.92 Å². The molecule has 0 spiro atoms. The first kappa shape index (κ1) is 15.6. The van der Waals surface area contributed by atoms with Gasteiger partial charge < -0.3 is 10.2 Å². The molecule has 0 aromatic carbocycles. The Labute approximate surface area is 85.6 Å². The molecule has 0 rings (SSSR count). The van der Waals surface area contributed by atoms with E-state index in [-0.39, 0.29) is 5.57 Å². The van der Waals surface area contributed by atoms with Gasteiger partial charge in [0.2, 0.25) is 0 Å². The number of hydrogen-bond acceptors (Lipinski definition) is 3. The van der Waals surface area contributed by atoms with Gasteiger partial charge in [0.15, 0.2) is 0 Å². The number of carboxylic acid groups (broad SMARTS) is 1. The van der Waals surface area contributed by atoms with E-state index in [4.69, 9.17) is 5.11 Å². The largest absolute Gasteiger partial charge is 0.478 e. The van der Waals surface area contributed by atoms with E-state index >= 15 is 0 Å². The summed E-state index contributed by atoms with van der Waals surface area (Å²) in [5.41, 5.74) is -0.482. The second kappa shape index (κ2) is 7.53. The molecule has 0 amide bonds. The molecule has 0 fully saturated rings. The normalized spacial score (nSPS) is 13.5. The molecule has 0 saturated heterocycles. The third-order valence-corrected chi connectivity index (χ3v) is 1.61. The molecule has 0 radical (unpaired) electrons. The molecule has 0 aromatic heterocycles. The number of rotatable bonds is 4. The van der Waals surface area contributed by atoms with Crippen molar-refractivity contribution >= 4 is 5.97 Å². The Hall–Kier alpha value is -0.870. The lowest BCUT2D eigenvalue weighted by atomic mass is 10.2. The van der Waals surface area contributed by atoms with Crippen LogP contribution in [0.4, 0.5) is 0 Å². The Morgan fingerprint density at radius 2 is 1.86 bits per heavy atom. The fourth-order valence-corrected chi connectivity index (χ4v) is 0.506. The Bertz CT molecular complexity index is 176. The van der Waals surface area contributed by atoms with E-state index in [1.807, 2.05) is 13.8 Å². The minimum Gasteiger partial charge on any atom is -0.478 e. The molecule has 0 aromatic rings. The molecule has 0 aliphatic carbocycles. The molecule has 0 aliphatic heterocycles. The summed E-state index contributed by atoms with van der Waals surface area (Å²) >= 11 is 0. The second-order valence-corrected chi connectivity index (χ2v) is 3.24. The summed E-state index contributed by atoms with van der Waals surface area (Å²) in [6.07, 6.45) is 0.751. The zero-order valence-corrected chi connectivity index (χ0v) is 9.42. The van der Waals surface area contributed by atoms with Crippen molar-refractivity contribution in [2.24, 2.45) is 0 Å². The molecule has 1 unspecified atom stereocenters. The van der Waals surface area contributed by atoms with Crippen molar-refractivity contribution < 1.29 is 15.0 Å². The standard InChI is InChI=1S/C6H15NO.C4H6O2/c1-4-6(3,8)7-5-2;1-3(2)4(5)6/h7-8H,4-5H2,1-3H3;1H2,2H3,(H,5,6). The predicted molar refractivity (Wildman–Crippen MR) is 57.0 cm³/mol. The number of carbonyl (C=O) groups is 1. The van der Waals surface area contributed by atoms with Crippen LogP contribution in [0.5, 0.6) is 0 Å². The summed E-state index contributed by atoms with van der Waals surface area (Å²) in [6.45, 7) is 11.1. The second-order valence-electron chi connectivity index (χ2n) is 3.24. The van der Waals surface area contributed by atoms with Gasteiger partial charge in [0.05, 0.1) is 0 Å². The van der Waals surface area contributed by atoms with Gasteiger partial charge in [-0.15, -0.1) is 0 Å². The van der Waals surface area contributed by atoms with Crippen molar-refractivity contribution in [3.63, 3.8) is 0 Å². The molecular formula is C10H21NO3. The third kappa shape index (κ3) is 11.1. The van der Waals surface area contributed by atoms with Crippen molar-refractivity contribution in [3.8, 4) is 0 Å². The van der Waals surface area contributed by atoms with E-state index in [0.29, 0.717) is 0 Å². The summed E-state index contributed by atoms with van der Waals surface area (Å²) in [5.74, 6) is -0.935. The van der Waals surface area contributed by atoms with Gasteiger partial charge in [0.25, 0.3) is 0 Å². The van der Waals surface area contributed by atoms with Crippen LogP contribution in [0.1, 0.15) is 34.1 Å². The molecule has 0 bridgehead atoms. The average molecular weight is 203 g/mol. The first-order chi connectivity index (χ1) is 6.26. The smallest absolute Gasteiger partial charge is 0.330 e. The molecule has 1 atom stereocenters. The molecule has 3 N–H and O–H groups in total. The molecular weight excluding hydrogens is 182 g/mol. The number of hydrogen-bond donors (Lipinski definition) is 3. The van der Waals surface area contributed by atoms with Crippen LogP contribution in [0, 0.1) is 0 Å². The van der Waals surface area contributed by atoms with Gasteiger partial charge in [-0.1, -0.05) is 20.4 Å². The summed E-state index contributed by atoms with van der Waals surface area (Å²) in [6, 6.07) is 0. The van der Waals surface area contributed by atoms with Crippen molar-refractivity contribution in [2.75, 3.05) is 6.54 Å². The molecule has 14 heavy (non-hydrogen) atoms. The fraction of sp³-hybridized carbons (Fsp3) is 0.700. The highest BCUT2D eigenvalue weighted by atomic mass is 16.4. The van der Waals surface area contributed by atoms with Crippen LogP contribution < -0.4 is 5.32 Å². The highest BCUT2D eigenvalue weighted by Crippen LogP contribution is 2.01. The van der Waals surface area contributed by atoms with Crippen LogP contribution in [0.25, 0.3) is 0 Å². The maximum Gasteiger partial charge on any atom is 0.330 e. The SMILES string of the molecule is C=C(C)C(=O)O.CCNC(C)(O)CC. The maximum atomic E-state index is 9.60. The zero-order chi connectivity index (χ0) is 11.8. The molecule has 0 aliphatic rings. The quantitative estimate of drug-likeness (QED) is 0.476. The molecule has 4 heteroatoms. The minimum absolute atomic E-state index is 0.176. The van der Waals surface area contributed by atoms with Crippen LogP contribution in [0.15, 0.2) is 12.2 Å². The van der Waals surface area contributed by atoms with Crippen molar-refractivity contribution in [1.29, 1.82) is 0 Å². The van der Waals surface area contributed by atoms with Crippen LogP contribution in [0.3, 0.4) is 0 Å². The summed E-state index contributed by atoms with van der Waals surface area (Å²) in [7, 11) is 0. The van der Waals surface area contributed by atoms with E-state index in [0.717, 1.165) is 13.0 Å². The summed E-state index contributed by atoms with van der Waals surface area (Å²) in [5, 5.41) is 20.0. The first-order valence-corrected chi connectivity index (χ1v) is 4.63. The number of carboxylic acids is 1.